The van der Waals surface area contributed by atoms with E-state index < -0.39 is 0 Å². The van der Waals surface area contributed by atoms with Crippen LogP contribution in [0.3, 0.4) is 0 Å². The quantitative estimate of drug-likeness (QED) is 0.678. The van der Waals surface area contributed by atoms with Crippen LogP contribution in [0.25, 0.3) is 0 Å². The molecule has 0 aliphatic rings. The van der Waals surface area contributed by atoms with Crippen LogP contribution >= 0.6 is 11.6 Å². The van der Waals surface area contributed by atoms with Crippen LogP contribution in [0.2, 0.25) is 5.02 Å². The van der Waals surface area contributed by atoms with Gasteiger partial charge in [-0.15, -0.1) is 0 Å². The molecule has 0 saturated heterocycles. The first-order valence-corrected chi connectivity index (χ1v) is 8.96. The minimum Gasteiger partial charge on any atom is -0.385 e. The summed E-state index contributed by atoms with van der Waals surface area (Å²) >= 11 is 6.07. The van der Waals surface area contributed by atoms with Gasteiger partial charge in [-0.3, -0.25) is 9.59 Å². The Balaban J connectivity index is 2.20. The van der Waals surface area contributed by atoms with Gasteiger partial charge in [0.05, 0.1) is 16.1 Å². The van der Waals surface area contributed by atoms with E-state index in [9.17, 15) is 9.59 Å². The summed E-state index contributed by atoms with van der Waals surface area (Å²) in [6.45, 7) is 1.09. The fraction of sp³-hybridized carbons (Fsp3) is 0.300. The lowest BCUT2D eigenvalue weighted by molar-refractivity contribution is 0.0947. The van der Waals surface area contributed by atoms with Gasteiger partial charge in [0, 0.05) is 45.7 Å². The maximum Gasteiger partial charge on any atom is 0.257 e. The minimum absolute atomic E-state index is 0.205. The molecule has 0 bridgehead atoms. The molecule has 2 aromatic rings. The zero-order chi connectivity index (χ0) is 19.8. The number of nitrogens with zero attached hydrogens (tertiary/aromatic N) is 1. The van der Waals surface area contributed by atoms with Gasteiger partial charge in [0.2, 0.25) is 0 Å². The number of benzene rings is 2. The van der Waals surface area contributed by atoms with E-state index in [0.29, 0.717) is 35.0 Å². The Kier molecular flexibility index (Phi) is 7.64. The van der Waals surface area contributed by atoms with E-state index in [1.54, 1.807) is 49.6 Å². The molecule has 7 heteroatoms. The highest BCUT2D eigenvalue weighted by Gasteiger charge is 2.16. The zero-order valence-corrected chi connectivity index (χ0v) is 16.5. The first kappa shape index (κ1) is 20.7. The van der Waals surface area contributed by atoms with Crippen LogP contribution in [0.5, 0.6) is 0 Å². The Morgan fingerprint density at radius 2 is 1.81 bits per heavy atom. The number of carbonyl (C=O) groups is 2. The molecule has 0 atom stereocenters. The maximum absolute atomic E-state index is 12.6. The lowest BCUT2D eigenvalue weighted by atomic mass is 10.1. The Hall–Kier alpha value is -2.57. The maximum atomic E-state index is 12.6. The highest BCUT2D eigenvalue weighted by Crippen LogP contribution is 2.24. The minimum atomic E-state index is -0.329. The second-order valence-electron chi connectivity index (χ2n) is 6.16. The highest BCUT2D eigenvalue weighted by atomic mass is 35.5. The van der Waals surface area contributed by atoms with E-state index >= 15 is 0 Å². The predicted molar refractivity (Wildman–Crippen MR) is 109 cm³/mol. The van der Waals surface area contributed by atoms with E-state index in [0.717, 1.165) is 12.1 Å². The molecule has 0 spiro atoms. The van der Waals surface area contributed by atoms with Gasteiger partial charge in [-0.25, -0.2) is 0 Å². The van der Waals surface area contributed by atoms with Crippen LogP contribution in [-0.2, 0) is 4.74 Å². The molecule has 2 rings (SSSR count). The topological polar surface area (TPSA) is 70.7 Å². The SMILES string of the molecule is COCCCNC(=O)c1cc(NC(=O)c2ccccc2Cl)ccc1N(C)C. The van der Waals surface area contributed by atoms with Crippen molar-refractivity contribution in [3.63, 3.8) is 0 Å². The number of anilines is 2. The van der Waals surface area contributed by atoms with Gasteiger partial charge in [0.25, 0.3) is 11.8 Å². The van der Waals surface area contributed by atoms with Crippen molar-refractivity contribution in [1.29, 1.82) is 0 Å². The third-order valence-electron chi connectivity index (χ3n) is 3.91. The van der Waals surface area contributed by atoms with E-state index in [4.69, 9.17) is 16.3 Å². The van der Waals surface area contributed by atoms with Gasteiger partial charge in [-0.2, -0.15) is 0 Å². The van der Waals surface area contributed by atoms with E-state index in [1.165, 1.54) is 0 Å². The Labute approximate surface area is 164 Å². The number of hydrogen-bond donors (Lipinski definition) is 2. The lowest BCUT2D eigenvalue weighted by Gasteiger charge is -2.18. The van der Waals surface area contributed by atoms with Crippen molar-refractivity contribution in [3.8, 4) is 0 Å². The van der Waals surface area contributed by atoms with Crippen molar-refractivity contribution in [2.75, 3.05) is 44.6 Å². The number of nitrogens with one attached hydrogen (secondary N) is 2. The van der Waals surface area contributed by atoms with Crippen LogP contribution in [0.1, 0.15) is 27.1 Å². The van der Waals surface area contributed by atoms with Gasteiger partial charge in [0.1, 0.15) is 0 Å². The molecule has 0 aliphatic heterocycles. The van der Waals surface area contributed by atoms with Gasteiger partial charge in [-0.05, 0) is 36.8 Å². The number of carbonyl (C=O) groups excluding carboxylic acids is 2. The van der Waals surface area contributed by atoms with E-state index in [1.807, 2.05) is 19.0 Å². The molecular weight excluding hydrogens is 366 g/mol. The number of ether oxygens (including phenoxy) is 1. The number of hydrogen-bond acceptors (Lipinski definition) is 4. The van der Waals surface area contributed by atoms with Crippen LogP contribution in [0.15, 0.2) is 42.5 Å². The van der Waals surface area contributed by atoms with Crippen LogP contribution in [0, 0.1) is 0 Å². The Bertz CT molecular complexity index is 809. The third-order valence-corrected chi connectivity index (χ3v) is 4.24. The molecule has 0 heterocycles. The van der Waals surface area contributed by atoms with Crippen molar-refractivity contribution in [2.24, 2.45) is 0 Å². The second-order valence-corrected chi connectivity index (χ2v) is 6.57. The molecule has 0 saturated carbocycles. The summed E-state index contributed by atoms with van der Waals surface area (Å²) in [6, 6.07) is 12.0. The van der Waals surface area contributed by atoms with Crippen molar-refractivity contribution in [1.82, 2.24) is 5.32 Å². The molecule has 0 radical (unpaired) electrons. The predicted octanol–water partition coefficient (Wildman–Crippen LogP) is 3.42. The summed E-state index contributed by atoms with van der Waals surface area (Å²) in [4.78, 5) is 26.9. The Morgan fingerprint density at radius 1 is 1.07 bits per heavy atom. The lowest BCUT2D eigenvalue weighted by Crippen LogP contribution is -2.27. The van der Waals surface area contributed by atoms with Gasteiger partial charge in [0.15, 0.2) is 0 Å². The standard InChI is InChI=1S/C20H24ClN3O3/c1-24(2)18-10-9-14(13-16(18)19(25)22-11-6-12-27-3)23-20(26)15-7-4-5-8-17(15)21/h4-5,7-10,13H,6,11-12H2,1-3H3,(H,22,25)(H,23,26). The van der Waals surface area contributed by atoms with Crippen LogP contribution in [-0.4, -0.2) is 46.2 Å². The first-order chi connectivity index (χ1) is 12.9. The van der Waals surface area contributed by atoms with Crippen LogP contribution < -0.4 is 15.5 Å². The largest absolute Gasteiger partial charge is 0.385 e. The summed E-state index contributed by atoms with van der Waals surface area (Å²) in [5.74, 6) is -0.534. The normalized spacial score (nSPS) is 10.4. The molecule has 2 aromatic carbocycles. The van der Waals surface area contributed by atoms with Crippen molar-refractivity contribution in [3.05, 3.63) is 58.6 Å². The molecule has 6 nitrogen and oxygen atoms in total. The highest BCUT2D eigenvalue weighted by molar-refractivity contribution is 6.34. The number of rotatable bonds is 8. The molecule has 0 unspecified atom stereocenters. The summed E-state index contributed by atoms with van der Waals surface area (Å²) < 4.78 is 4.99. The molecule has 2 amide bonds. The molecule has 144 valence electrons. The van der Waals surface area contributed by atoms with Crippen molar-refractivity contribution < 1.29 is 14.3 Å². The number of amides is 2. The number of halogens is 1. The number of methoxy groups -OCH3 is 1. The third kappa shape index (κ3) is 5.70. The van der Waals surface area contributed by atoms with Crippen LogP contribution in [0.4, 0.5) is 11.4 Å². The molecule has 0 fully saturated rings. The fourth-order valence-corrected chi connectivity index (χ4v) is 2.76. The Morgan fingerprint density at radius 3 is 2.48 bits per heavy atom. The van der Waals surface area contributed by atoms with Crippen molar-refractivity contribution >= 4 is 34.8 Å². The average Bonchev–Trinajstić information content (AvgIpc) is 2.65. The second kappa shape index (κ2) is 9.94. The van der Waals surface area contributed by atoms with Gasteiger partial charge >= 0.3 is 0 Å². The molecular formula is C20H24ClN3O3. The summed E-state index contributed by atoms with van der Waals surface area (Å²) in [6.07, 6.45) is 0.725. The fourth-order valence-electron chi connectivity index (χ4n) is 2.54. The van der Waals surface area contributed by atoms with Gasteiger partial charge in [-0.1, -0.05) is 23.7 Å². The van der Waals surface area contributed by atoms with Gasteiger partial charge < -0.3 is 20.3 Å². The van der Waals surface area contributed by atoms with E-state index in [-0.39, 0.29) is 11.8 Å². The smallest absolute Gasteiger partial charge is 0.257 e. The summed E-state index contributed by atoms with van der Waals surface area (Å²) in [7, 11) is 5.34. The molecule has 0 aromatic heterocycles. The molecule has 0 aliphatic carbocycles. The summed E-state index contributed by atoms with van der Waals surface area (Å²) in [5.41, 5.74) is 2.14. The average molecular weight is 390 g/mol. The summed E-state index contributed by atoms with van der Waals surface area (Å²) in [5, 5.41) is 6.04. The molecule has 2 N–H and O–H groups in total. The molecule has 27 heavy (non-hydrogen) atoms. The van der Waals surface area contributed by atoms with Crippen molar-refractivity contribution in [2.45, 2.75) is 6.42 Å². The monoisotopic (exact) mass is 389 g/mol. The zero-order valence-electron chi connectivity index (χ0n) is 15.7. The first-order valence-electron chi connectivity index (χ1n) is 8.58. The van der Waals surface area contributed by atoms with E-state index in [2.05, 4.69) is 10.6 Å².